The number of halogens is 1. The van der Waals surface area contributed by atoms with Crippen molar-refractivity contribution >= 4 is 11.6 Å². The molecule has 1 aromatic carbocycles. The molecule has 78 valence electrons. The highest BCUT2D eigenvalue weighted by Gasteiger charge is 2.08. The molecule has 0 radical (unpaired) electrons. The lowest BCUT2D eigenvalue weighted by atomic mass is 10.1. The van der Waals surface area contributed by atoms with E-state index in [2.05, 4.69) is 0 Å². The molecular weight excluding hydrogens is 202 g/mol. The summed E-state index contributed by atoms with van der Waals surface area (Å²) in [4.78, 5) is 0. The van der Waals surface area contributed by atoms with E-state index in [0.717, 1.165) is 0 Å². The Morgan fingerprint density at radius 2 is 2.07 bits per heavy atom. The molecule has 0 aliphatic rings. The van der Waals surface area contributed by atoms with Gasteiger partial charge in [0.2, 0.25) is 0 Å². The maximum atomic E-state index is 7.08. The van der Waals surface area contributed by atoms with Crippen LogP contribution >= 0.6 is 11.6 Å². The maximum Gasteiger partial charge on any atom is 0.137 e. The van der Waals surface area contributed by atoms with Crippen molar-refractivity contribution in [1.29, 1.82) is 0 Å². The van der Waals surface area contributed by atoms with Gasteiger partial charge in [0, 0.05) is 6.07 Å². The number of hydrogen-bond donors (Lipinski definition) is 1. The number of benzene rings is 1. The number of ether oxygens (including phenoxy) is 2. The lowest BCUT2D eigenvalue weighted by Crippen LogP contribution is -2.04. The van der Waals surface area contributed by atoms with Crippen LogP contribution in [0, 0.1) is 0 Å². The summed E-state index contributed by atoms with van der Waals surface area (Å²) >= 11 is 5.87. The summed E-state index contributed by atoms with van der Waals surface area (Å²) in [7, 11) is -5.30. The van der Waals surface area contributed by atoms with Crippen molar-refractivity contribution in [3.05, 3.63) is 22.7 Å². The van der Waals surface area contributed by atoms with E-state index in [-0.39, 0.29) is 23.1 Å². The van der Waals surface area contributed by atoms with Crippen LogP contribution in [0.3, 0.4) is 0 Å². The van der Waals surface area contributed by atoms with Crippen molar-refractivity contribution in [2.45, 2.75) is 6.42 Å². The number of hydrogen-bond acceptors (Lipinski definition) is 3. The third-order valence-electron chi connectivity index (χ3n) is 1.75. The highest BCUT2D eigenvalue weighted by atomic mass is 35.5. The van der Waals surface area contributed by atoms with Crippen molar-refractivity contribution in [3.63, 3.8) is 0 Å². The van der Waals surface area contributed by atoms with Crippen molar-refractivity contribution in [2.75, 3.05) is 20.6 Å². The van der Waals surface area contributed by atoms with Crippen LogP contribution in [0.25, 0.3) is 0 Å². The zero-order valence-electron chi connectivity index (χ0n) is 13.3. The van der Waals surface area contributed by atoms with Crippen molar-refractivity contribution in [2.24, 2.45) is 5.73 Å². The largest absolute Gasteiger partial charge is 0.496 e. The Morgan fingerprint density at radius 1 is 1.36 bits per heavy atom. The highest BCUT2D eigenvalue weighted by Crippen LogP contribution is 2.32. The molecule has 14 heavy (non-hydrogen) atoms. The molecule has 3 nitrogen and oxygen atoms in total. The van der Waals surface area contributed by atoms with E-state index in [1.165, 1.54) is 12.1 Å². The Balaban J connectivity index is 3.17. The first-order valence-corrected chi connectivity index (χ1v) is 4.30. The van der Waals surface area contributed by atoms with Crippen LogP contribution in [0.5, 0.6) is 11.5 Å². The van der Waals surface area contributed by atoms with Gasteiger partial charge in [0.05, 0.1) is 27.3 Å². The second-order valence-corrected chi connectivity index (χ2v) is 3.04. The summed E-state index contributed by atoms with van der Waals surface area (Å²) in [5.41, 5.74) is 5.84. The Labute approximate surface area is 97.2 Å². The summed E-state index contributed by atoms with van der Waals surface area (Å²) < 4.78 is 51.9. The fraction of sp³-hybridized carbons (Fsp3) is 0.400. The lowest BCUT2D eigenvalue weighted by molar-refractivity contribution is 0.399. The van der Waals surface area contributed by atoms with Crippen LogP contribution in [0.4, 0.5) is 0 Å². The second-order valence-electron chi connectivity index (χ2n) is 2.63. The van der Waals surface area contributed by atoms with E-state index in [9.17, 15) is 0 Å². The smallest absolute Gasteiger partial charge is 0.137 e. The van der Waals surface area contributed by atoms with Crippen molar-refractivity contribution < 1.29 is 17.7 Å². The molecule has 0 saturated carbocycles. The van der Waals surface area contributed by atoms with E-state index in [0.29, 0.717) is 12.0 Å². The molecule has 0 aliphatic heterocycles. The minimum atomic E-state index is -2.66. The molecular formula is C10H14ClNO2. The van der Waals surface area contributed by atoms with E-state index in [1.807, 2.05) is 0 Å². The highest BCUT2D eigenvalue weighted by molar-refractivity contribution is 6.32. The summed E-state index contributed by atoms with van der Waals surface area (Å²) in [6.07, 6.45) is 0.292. The first kappa shape index (κ1) is 5.24. The van der Waals surface area contributed by atoms with Crippen LogP contribution in [0.2, 0.25) is 5.02 Å². The number of rotatable bonds is 4. The molecule has 0 bridgehead atoms. The van der Waals surface area contributed by atoms with Gasteiger partial charge in [0.1, 0.15) is 11.5 Å². The van der Waals surface area contributed by atoms with Crippen LogP contribution in [-0.4, -0.2) is 20.6 Å². The first-order valence-electron chi connectivity index (χ1n) is 6.92. The van der Waals surface area contributed by atoms with Gasteiger partial charge in [-0.1, -0.05) is 11.6 Å². The number of nitrogens with two attached hydrogens (primary N) is 1. The third kappa shape index (κ3) is 2.30. The minimum absolute atomic E-state index is 0.0262. The third-order valence-corrected chi connectivity index (χ3v) is 2.04. The van der Waals surface area contributed by atoms with Gasteiger partial charge in [-0.3, -0.25) is 0 Å². The van der Waals surface area contributed by atoms with Gasteiger partial charge in [-0.25, -0.2) is 0 Å². The van der Waals surface area contributed by atoms with E-state index in [1.54, 1.807) is 0 Å². The Hall–Kier alpha value is -0.930. The summed E-state index contributed by atoms with van der Waals surface area (Å²) in [5, 5.41) is -0.0545. The Morgan fingerprint density at radius 3 is 2.71 bits per heavy atom. The molecule has 1 rings (SSSR count). The van der Waals surface area contributed by atoms with Crippen molar-refractivity contribution in [1.82, 2.24) is 0 Å². The standard InChI is InChI=1S/C10H14ClNO2/c1-13-9-6-8(11)10(14-2)5-7(9)3-4-12/h5-6H,3-4,12H2,1-2H3/i1D3,2D3. The molecule has 0 spiro atoms. The molecule has 0 aliphatic carbocycles. The average molecular weight is 222 g/mol. The first-order chi connectivity index (χ1) is 9.02. The maximum absolute atomic E-state index is 7.08. The fourth-order valence-corrected chi connectivity index (χ4v) is 1.29. The van der Waals surface area contributed by atoms with E-state index in [4.69, 9.17) is 35.0 Å². The minimum Gasteiger partial charge on any atom is -0.496 e. The summed E-state index contributed by atoms with van der Waals surface area (Å²) in [6, 6.07) is 2.53. The monoisotopic (exact) mass is 221 g/mol. The SMILES string of the molecule is [2H]C([2H])([2H])Oc1cc(CCN)c(OC([2H])([2H])[2H])cc1Cl. The normalized spacial score (nSPS) is 18.1. The molecule has 0 aromatic heterocycles. The number of methoxy groups -OCH3 is 2. The zero-order valence-corrected chi connectivity index (χ0v) is 8.10. The van der Waals surface area contributed by atoms with Gasteiger partial charge >= 0.3 is 0 Å². The zero-order chi connectivity index (χ0) is 15.6. The molecule has 2 N–H and O–H groups in total. The quantitative estimate of drug-likeness (QED) is 0.844. The second kappa shape index (κ2) is 5.08. The predicted octanol–water partition coefficient (Wildman–Crippen LogP) is 1.86. The van der Waals surface area contributed by atoms with Crippen LogP contribution in [0.1, 0.15) is 13.8 Å². The molecule has 4 heteroatoms. The molecule has 1 aromatic rings. The van der Waals surface area contributed by atoms with Crippen LogP contribution in [0.15, 0.2) is 12.1 Å². The van der Waals surface area contributed by atoms with Crippen LogP contribution in [-0.2, 0) is 6.42 Å². The van der Waals surface area contributed by atoms with Gasteiger partial charge < -0.3 is 15.2 Å². The Kier molecular flexibility index (Phi) is 1.90. The summed E-state index contributed by atoms with van der Waals surface area (Å²) in [6.45, 7) is 0.228. The molecule has 0 saturated heterocycles. The average Bonchev–Trinajstić information content (AvgIpc) is 2.20. The molecule has 0 unspecified atom stereocenters. The van der Waals surface area contributed by atoms with Crippen molar-refractivity contribution in [3.8, 4) is 11.5 Å². The van der Waals surface area contributed by atoms with Gasteiger partial charge in [-0.15, -0.1) is 0 Å². The van der Waals surface area contributed by atoms with Gasteiger partial charge in [0.25, 0.3) is 0 Å². The van der Waals surface area contributed by atoms with Gasteiger partial charge in [-0.2, -0.15) is 0 Å². The van der Waals surface area contributed by atoms with Crippen LogP contribution < -0.4 is 15.2 Å². The summed E-state index contributed by atoms with van der Waals surface area (Å²) in [5.74, 6) is -0.0497. The molecule has 0 atom stereocenters. The van der Waals surface area contributed by atoms with Gasteiger partial charge in [-0.05, 0) is 24.6 Å². The van der Waals surface area contributed by atoms with E-state index < -0.39 is 14.1 Å². The van der Waals surface area contributed by atoms with E-state index >= 15 is 0 Å². The molecule has 0 fully saturated rings. The predicted molar refractivity (Wildman–Crippen MR) is 57.3 cm³/mol. The molecule has 0 amide bonds. The fourth-order valence-electron chi connectivity index (χ4n) is 1.10. The van der Waals surface area contributed by atoms with Gasteiger partial charge in [0.15, 0.2) is 0 Å². The molecule has 0 heterocycles. The Bertz CT molecular complexity index is 474. The topological polar surface area (TPSA) is 44.5 Å². The lowest BCUT2D eigenvalue weighted by Gasteiger charge is -2.11.